The van der Waals surface area contributed by atoms with Crippen molar-refractivity contribution in [2.24, 2.45) is 0 Å². The van der Waals surface area contributed by atoms with E-state index in [1.165, 1.54) is 18.3 Å². The smallest absolute Gasteiger partial charge is 0.433 e. The van der Waals surface area contributed by atoms with E-state index in [2.05, 4.69) is 20.3 Å². The van der Waals surface area contributed by atoms with Gasteiger partial charge in [-0.05, 0) is 36.8 Å². The van der Waals surface area contributed by atoms with Crippen LogP contribution in [0, 0.1) is 6.92 Å². The van der Waals surface area contributed by atoms with Gasteiger partial charge in [0.2, 0.25) is 5.88 Å². The van der Waals surface area contributed by atoms with Crippen molar-refractivity contribution in [2.75, 3.05) is 31.7 Å². The third kappa shape index (κ3) is 5.50. The van der Waals surface area contributed by atoms with Crippen LogP contribution in [-0.4, -0.2) is 51.6 Å². The van der Waals surface area contributed by atoms with Gasteiger partial charge in [0, 0.05) is 29.1 Å². The van der Waals surface area contributed by atoms with Gasteiger partial charge in [-0.3, -0.25) is 9.97 Å². The number of pyridine rings is 3. The molecule has 0 aromatic carbocycles. The molecule has 0 bridgehead atoms. The number of halogens is 4. The molecule has 1 unspecified atom stereocenters. The zero-order valence-corrected chi connectivity index (χ0v) is 18.5. The maximum absolute atomic E-state index is 15.1. The lowest BCUT2D eigenvalue weighted by Gasteiger charge is -2.33. The van der Waals surface area contributed by atoms with Gasteiger partial charge in [0.05, 0.1) is 37.4 Å². The third-order valence-electron chi connectivity index (χ3n) is 5.36. The fourth-order valence-electron chi connectivity index (χ4n) is 3.46. The highest BCUT2D eigenvalue weighted by molar-refractivity contribution is 5.71. The molecule has 3 aromatic rings. The van der Waals surface area contributed by atoms with Crippen molar-refractivity contribution >= 4 is 5.69 Å². The third-order valence-corrected chi connectivity index (χ3v) is 5.36. The quantitative estimate of drug-likeness (QED) is 0.322. The Bertz CT molecular complexity index is 1200. The van der Waals surface area contributed by atoms with Gasteiger partial charge in [-0.1, -0.05) is 0 Å². The van der Waals surface area contributed by atoms with Crippen molar-refractivity contribution in [3.8, 4) is 17.0 Å². The maximum atomic E-state index is 15.1. The van der Waals surface area contributed by atoms with Gasteiger partial charge in [-0.2, -0.15) is 13.2 Å². The van der Waals surface area contributed by atoms with Crippen molar-refractivity contribution in [2.45, 2.75) is 25.0 Å². The Labute approximate surface area is 197 Å². The second-order valence-electron chi connectivity index (χ2n) is 7.99. The molecule has 12 heteroatoms. The van der Waals surface area contributed by atoms with Crippen LogP contribution in [0.15, 0.2) is 42.7 Å². The lowest BCUT2D eigenvalue weighted by molar-refractivity contribution is -0.141. The van der Waals surface area contributed by atoms with Crippen LogP contribution in [0.25, 0.3) is 11.1 Å². The summed E-state index contributed by atoms with van der Waals surface area (Å²) in [6.45, 7) is 1.12. The fourth-order valence-corrected chi connectivity index (χ4v) is 3.46. The molecule has 8 nitrogen and oxygen atoms in total. The van der Waals surface area contributed by atoms with Gasteiger partial charge in [0.25, 0.3) is 0 Å². The van der Waals surface area contributed by atoms with Crippen LogP contribution in [-0.2, 0) is 16.6 Å². The zero-order chi connectivity index (χ0) is 25.2. The van der Waals surface area contributed by atoms with Crippen molar-refractivity contribution in [1.82, 2.24) is 15.0 Å². The van der Waals surface area contributed by atoms with Crippen molar-refractivity contribution in [1.29, 1.82) is 0 Å². The maximum Gasteiger partial charge on any atom is 0.433 e. The van der Waals surface area contributed by atoms with Gasteiger partial charge < -0.3 is 25.0 Å². The normalized spacial score (nSPS) is 15.9. The van der Waals surface area contributed by atoms with Crippen LogP contribution < -0.4 is 10.1 Å². The molecule has 0 spiro atoms. The Hall–Kier alpha value is -3.35. The monoisotopic (exact) mass is 494 g/mol. The largest absolute Gasteiger partial charge is 0.475 e. The molecule has 4 heterocycles. The summed E-state index contributed by atoms with van der Waals surface area (Å²) in [5.74, 6) is 0.102. The van der Waals surface area contributed by atoms with E-state index in [4.69, 9.17) is 14.6 Å². The molecule has 0 radical (unpaired) electrons. The number of aromatic nitrogens is 3. The molecular weight excluding hydrogens is 472 g/mol. The minimum absolute atomic E-state index is 0.0373. The van der Waals surface area contributed by atoms with Crippen LogP contribution >= 0.6 is 0 Å². The number of hydrogen-bond donors (Lipinski definition) is 3. The van der Waals surface area contributed by atoms with Crippen molar-refractivity contribution < 1.29 is 37.2 Å². The number of aryl methyl sites for hydroxylation is 1. The van der Waals surface area contributed by atoms with Gasteiger partial charge in [0.15, 0.2) is 11.9 Å². The lowest BCUT2D eigenvalue weighted by Crippen LogP contribution is -2.43. The van der Waals surface area contributed by atoms with E-state index in [0.717, 1.165) is 12.3 Å². The van der Waals surface area contributed by atoms with Gasteiger partial charge >= 0.3 is 6.18 Å². The van der Waals surface area contributed by atoms with Gasteiger partial charge in [0.1, 0.15) is 12.3 Å². The standard InChI is InChI=1S/C23H22F4N4O4/c1-13-17(15-7-18(22(24)11-34-12-22)31-20(8-15)35-5-4-32)9-16(10-29-13)30-21(33)14-2-3-28-19(6-14)23(25,26)27/h2-3,6-10,21,30,32-33H,4-5,11-12H2,1H3. The average Bonchev–Trinajstić information content (AvgIpc) is 2.81. The predicted molar refractivity (Wildman–Crippen MR) is 116 cm³/mol. The molecule has 0 aliphatic carbocycles. The second-order valence-corrected chi connectivity index (χ2v) is 7.99. The molecule has 35 heavy (non-hydrogen) atoms. The number of nitrogens with zero attached hydrogens (tertiary/aromatic N) is 3. The molecule has 0 amide bonds. The highest BCUT2D eigenvalue weighted by atomic mass is 19.4. The Morgan fingerprint density at radius 3 is 2.63 bits per heavy atom. The number of hydrogen-bond acceptors (Lipinski definition) is 8. The summed E-state index contributed by atoms with van der Waals surface area (Å²) < 4.78 is 64.3. The van der Waals surface area contributed by atoms with E-state index in [1.807, 2.05) is 0 Å². The molecule has 1 aliphatic heterocycles. The van der Waals surface area contributed by atoms with Crippen LogP contribution in [0.2, 0.25) is 0 Å². The topological polar surface area (TPSA) is 110 Å². The van der Waals surface area contributed by atoms with E-state index in [-0.39, 0.29) is 43.6 Å². The average molecular weight is 494 g/mol. The SMILES string of the molecule is Cc1ncc(NC(O)c2ccnc(C(F)(F)F)c2)cc1-c1cc(OCCO)nc(C2(F)COC2)c1. The molecule has 0 saturated carbocycles. The van der Waals surface area contributed by atoms with E-state index in [1.54, 1.807) is 19.1 Å². The highest BCUT2D eigenvalue weighted by Crippen LogP contribution is 2.37. The van der Waals surface area contributed by atoms with Crippen LogP contribution in [0.4, 0.5) is 23.2 Å². The summed E-state index contributed by atoms with van der Waals surface area (Å²) in [6.07, 6.45) is -3.75. The van der Waals surface area contributed by atoms with Crippen molar-refractivity contribution in [3.63, 3.8) is 0 Å². The van der Waals surface area contributed by atoms with Crippen molar-refractivity contribution in [3.05, 3.63) is 65.4 Å². The number of rotatable bonds is 8. The first-order valence-corrected chi connectivity index (χ1v) is 10.6. The first kappa shape index (κ1) is 24.8. The molecule has 1 atom stereocenters. The van der Waals surface area contributed by atoms with Crippen LogP contribution in [0.1, 0.15) is 28.9 Å². The van der Waals surface area contributed by atoms with E-state index in [0.29, 0.717) is 22.5 Å². The Kier molecular flexibility index (Phi) is 6.88. The molecule has 4 rings (SSSR count). The van der Waals surface area contributed by atoms with Gasteiger partial charge in [-0.15, -0.1) is 0 Å². The fraction of sp³-hybridized carbons (Fsp3) is 0.348. The highest BCUT2D eigenvalue weighted by Gasteiger charge is 2.42. The Morgan fingerprint density at radius 1 is 1.20 bits per heavy atom. The predicted octanol–water partition coefficient (Wildman–Crippen LogP) is 3.53. The molecule has 3 aromatic heterocycles. The number of aliphatic hydroxyl groups excluding tert-OH is 2. The first-order chi connectivity index (χ1) is 16.6. The summed E-state index contributed by atoms with van der Waals surface area (Å²) in [5.41, 5.74) is -0.907. The summed E-state index contributed by atoms with van der Waals surface area (Å²) in [4.78, 5) is 11.8. The number of aliphatic hydroxyl groups is 2. The van der Waals surface area contributed by atoms with E-state index in [9.17, 15) is 18.3 Å². The molecule has 186 valence electrons. The second kappa shape index (κ2) is 9.72. The molecule has 1 fully saturated rings. The van der Waals surface area contributed by atoms with E-state index < -0.39 is 23.8 Å². The molecular formula is C23H22F4N4O4. The first-order valence-electron chi connectivity index (χ1n) is 10.6. The number of alkyl halides is 4. The summed E-state index contributed by atoms with van der Waals surface area (Å²) in [6, 6.07) is 6.73. The minimum atomic E-state index is -4.65. The molecule has 1 aliphatic rings. The van der Waals surface area contributed by atoms with E-state index >= 15 is 4.39 Å². The number of anilines is 1. The van der Waals surface area contributed by atoms with Gasteiger partial charge in [-0.25, -0.2) is 9.37 Å². The summed E-state index contributed by atoms with van der Waals surface area (Å²) in [7, 11) is 0. The van der Waals surface area contributed by atoms with Crippen LogP contribution in [0.3, 0.4) is 0 Å². The minimum Gasteiger partial charge on any atom is -0.475 e. The molecule has 1 saturated heterocycles. The Balaban J connectivity index is 1.65. The number of ether oxygens (including phenoxy) is 2. The molecule has 3 N–H and O–H groups in total. The summed E-state index contributed by atoms with van der Waals surface area (Å²) >= 11 is 0. The number of nitrogens with one attached hydrogen (secondary N) is 1. The zero-order valence-electron chi connectivity index (χ0n) is 18.5. The summed E-state index contributed by atoms with van der Waals surface area (Å²) in [5, 5.41) is 22.3. The lowest BCUT2D eigenvalue weighted by atomic mass is 9.95. The Morgan fingerprint density at radius 2 is 1.97 bits per heavy atom. The van der Waals surface area contributed by atoms with Crippen LogP contribution in [0.5, 0.6) is 5.88 Å².